The molecule has 1 rings (SSSR count). The molecule has 0 saturated heterocycles. The van der Waals surface area contributed by atoms with Crippen LogP contribution in [0.15, 0.2) is 30.0 Å². The van der Waals surface area contributed by atoms with E-state index in [2.05, 4.69) is 4.74 Å². The Morgan fingerprint density at radius 2 is 1.94 bits per heavy atom. The summed E-state index contributed by atoms with van der Waals surface area (Å²) in [6.07, 6.45) is 1.82. The monoisotopic (exact) mass is 236 g/mol. The fourth-order valence-electron chi connectivity index (χ4n) is 1.23. The molecule has 1 aromatic rings. The van der Waals surface area contributed by atoms with Crippen molar-refractivity contribution in [1.82, 2.24) is 0 Å². The summed E-state index contributed by atoms with van der Waals surface area (Å²) in [6.45, 7) is 3.69. The van der Waals surface area contributed by atoms with Crippen molar-refractivity contribution in [2.75, 3.05) is 14.2 Å². The van der Waals surface area contributed by atoms with Crippen molar-refractivity contribution in [1.29, 1.82) is 0 Å². The van der Waals surface area contributed by atoms with Gasteiger partial charge in [-0.25, -0.2) is 4.79 Å². The third-order valence-electron chi connectivity index (χ3n) is 2.26. The van der Waals surface area contributed by atoms with Gasteiger partial charge < -0.3 is 14.2 Å². The summed E-state index contributed by atoms with van der Waals surface area (Å²) in [5.74, 6) is 1.38. The Labute approximate surface area is 101 Å². The van der Waals surface area contributed by atoms with Gasteiger partial charge in [0, 0.05) is 0 Å². The summed E-state index contributed by atoms with van der Waals surface area (Å²) < 4.78 is 15.4. The number of hydrogen-bond donors (Lipinski definition) is 0. The van der Waals surface area contributed by atoms with E-state index < -0.39 is 5.97 Å². The van der Waals surface area contributed by atoms with Crippen molar-refractivity contribution in [2.45, 2.75) is 13.8 Å². The maximum absolute atomic E-state index is 11.4. The molecule has 0 heterocycles. The van der Waals surface area contributed by atoms with Gasteiger partial charge in [0.2, 0.25) is 0 Å². The Kier molecular flexibility index (Phi) is 4.57. The molecular formula is C13H16O4. The first-order chi connectivity index (χ1) is 8.12. The molecule has 1 aromatic carbocycles. The highest BCUT2D eigenvalue weighted by Gasteiger charge is 2.11. The average Bonchev–Trinajstić information content (AvgIpc) is 2.37. The van der Waals surface area contributed by atoms with Crippen LogP contribution in [-0.4, -0.2) is 20.2 Å². The minimum atomic E-state index is -0.407. The molecule has 0 fully saturated rings. The van der Waals surface area contributed by atoms with E-state index in [0.717, 1.165) is 5.76 Å². The lowest BCUT2D eigenvalue weighted by Crippen LogP contribution is -2.02. The molecule has 0 radical (unpaired) electrons. The SMILES string of the molecule is CC=C(C)Oc1cc(C(=O)OC)ccc1OC. The fraction of sp³-hybridized carbons (Fsp3) is 0.308. The normalized spacial score (nSPS) is 10.9. The summed E-state index contributed by atoms with van der Waals surface area (Å²) in [5, 5.41) is 0. The summed E-state index contributed by atoms with van der Waals surface area (Å²) >= 11 is 0. The first-order valence-electron chi connectivity index (χ1n) is 5.19. The van der Waals surface area contributed by atoms with E-state index >= 15 is 0 Å². The van der Waals surface area contributed by atoms with Crippen molar-refractivity contribution in [3.63, 3.8) is 0 Å². The van der Waals surface area contributed by atoms with E-state index in [4.69, 9.17) is 9.47 Å². The highest BCUT2D eigenvalue weighted by molar-refractivity contribution is 5.90. The van der Waals surface area contributed by atoms with Gasteiger partial charge in [-0.15, -0.1) is 0 Å². The van der Waals surface area contributed by atoms with Crippen LogP contribution in [0.4, 0.5) is 0 Å². The molecule has 92 valence electrons. The van der Waals surface area contributed by atoms with E-state index in [1.807, 2.05) is 19.9 Å². The lowest BCUT2D eigenvalue weighted by atomic mass is 10.2. The van der Waals surface area contributed by atoms with Crippen LogP contribution in [0.2, 0.25) is 0 Å². The zero-order valence-electron chi connectivity index (χ0n) is 10.4. The first kappa shape index (κ1) is 13.1. The Hall–Kier alpha value is -1.97. The molecule has 0 atom stereocenters. The Bertz CT molecular complexity index is 435. The maximum Gasteiger partial charge on any atom is 0.337 e. The molecule has 0 aromatic heterocycles. The van der Waals surface area contributed by atoms with Gasteiger partial charge in [0.25, 0.3) is 0 Å². The van der Waals surface area contributed by atoms with E-state index in [1.165, 1.54) is 7.11 Å². The molecule has 4 heteroatoms. The number of esters is 1. The fourth-order valence-corrected chi connectivity index (χ4v) is 1.23. The third-order valence-corrected chi connectivity index (χ3v) is 2.26. The molecule has 0 spiro atoms. The molecule has 0 saturated carbocycles. The van der Waals surface area contributed by atoms with Gasteiger partial charge in [0.05, 0.1) is 25.5 Å². The molecule has 0 aliphatic carbocycles. The zero-order chi connectivity index (χ0) is 12.8. The van der Waals surface area contributed by atoms with Gasteiger partial charge in [-0.1, -0.05) is 0 Å². The van der Waals surface area contributed by atoms with Gasteiger partial charge in [0.1, 0.15) is 0 Å². The average molecular weight is 236 g/mol. The topological polar surface area (TPSA) is 44.8 Å². The van der Waals surface area contributed by atoms with Gasteiger partial charge in [-0.2, -0.15) is 0 Å². The number of rotatable bonds is 4. The second kappa shape index (κ2) is 5.94. The number of hydrogen-bond acceptors (Lipinski definition) is 4. The molecule has 0 aliphatic rings. The number of methoxy groups -OCH3 is 2. The van der Waals surface area contributed by atoms with Crippen LogP contribution in [0.3, 0.4) is 0 Å². The molecule has 0 amide bonds. The van der Waals surface area contributed by atoms with Crippen LogP contribution in [0.5, 0.6) is 11.5 Å². The van der Waals surface area contributed by atoms with E-state index in [-0.39, 0.29) is 0 Å². The van der Waals surface area contributed by atoms with E-state index in [0.29, 0.717) is 17.1 Å². The Balaban J connectivity index is 3.10. The van der Waals surface area contributed by atoms with Crippen LogP contribution < -0.4 is 9.47 Å². The number of carbonyl (C=O) groups is 1. The standard InChI is InChI=1S/C13H16O4/c1-5-9(2)17-12-8-10(13(14)16-4)6-7-11(12)15-3/h5-8H,1-4H3. The van der Waals surface area contributed by atoms with Gasteiger partial charge in [-0.3, -0.25) is 0 Å². The zero-order valence-corrected chi connectivity index (χ0v) is 10.4. The minimum Gasteiger partial charge on any atom is -0.493 e. The lowest BCUT2D eigenvalue weighted by Gasteiger charge is -2.11. The molecule has 0 unspecified atom stereocenters. The highest BCUT2D eigenvalue weighted by Crippen LogP contribution is 2.29. The van der Waals surface area contributed by atoms with Crippen LogP contribution in [0.1, 0.15) is 24.2 Å². The van der Waals surface area contributed by atoms with E-state index in [9.17, 15) is 4.79 Å². The number of ether oxygens (including phenoxy) is 3. The smallest absolute Gasteiger partial charge is 0.337 e. The van der Waals surface area contributed by atoms with Gasteiger partial charge in [-0.05, 0) is 38.1 Å². The Morgan fingerprint density at radius 1 is 1.24 bits per heavy atom. The molecule has 0 N–H and O–H groups in total. The molecule has 17 heavy (non-hydrogen) atoms. The van der Waals surface area contributed by atoms with E-state index in [1.54, 1.807) is 25.3 Å². The number of allylic oxidation sites excluding steroid dienone is 2. The van der Waals surface area contributed by atoms with Crippen molar-refractivity contribution in [3.05, 3.63) is 35.6 Å². The predicted molar refractivity (Wildman–Crippen MR) is 64.4 cm³/mol. The van der Waals surface area contributed by atoms with Crippen LogP contribution in [-0.2, 0) is 4.74 Å². The lowest BCUT2D eigenvalue weighted by molar-refractivity contribution is 0.0600. The van der Waals surface area contributed by atoms with Crippen LogP contribution in [0.25, 0.3) is 0 Å². The van der Waals surface area contributed by atoms with Crippen molar-refractivity contribution in [2.24, 2.45) is 0 Å². The van der Waals surface area contributed by atoms with Gasteiger partial charge >= 0.3 is 5.97 Å². The second-order valence-electron chi connectivity index (χ2n) is 3.36. The molecule has 0 bridgehead atoms. The van der Waals surface area contributed by atoms with Crippen molar-refractivity contribution in [3.8, 4) is 11.5 Å². The van der Waals surface area contributed by atoms with Crippen molar-refractivity contribution >= 4 is 5.97 Å². The summed E-state index contributed by atoms with van der Waals surface area (Å²) in [4.78, 5) is 11.4. The van der Waals surface area contributed by atoms with Crippen LogP contribution in [0, 0.1) is 0 Å². The Morgan fingerprint density at radius 3 is 2.47 bits per heavy atom. The summed E-state index contributed by atoms with van der Waals surface area (Å²) in [5.41, 5.74) is 0.423. The summed E-state index contributed by atoms with van der Waals surface area (Å²) in [7, 11) is 2.88. The quantitative estimate of drug-likeness (QED) is 0.595. The summed E-state index contributed by atoms with van der Waals surface area (Å²) in [6, 6.07) is 4.89. The number of carbonyl (C=O) groups excluding carboxylic acids is 1. The maximum atomic E-state index is 11.4. The molecular weight excluding hydrogens is 220 g/mol. The number of benzene rings is 1. The minimum absolute atomic E-state index is 0.407. The van der Waals surface area contributed by atoms with Crippen LogP contribution >= 0.6 is 0 Å². The highest BCUT2D eigenvalue weighted by atomic mass is 16.5. The first-order valence-corrected chi connectivity index (χ1v) is 5.19. The predicted octanol–water partition coefficient (Wildman–Crippen LogP) is 2.78. The largest absolute Gasteiger partial charge is 0.493 e. The van der Waals surface area contributed by atoms with Gasteiger partial charge in [0.15, 0.2) is 11.5 Å². The third kappa shape index (κ3) is 3.24. The second-order valence-corrected chi connectivity index (χ2v) is 3.36. The molecule has 0 aliphatic heterocycles. The molecule has 4 nitrogen and oxygen atoms in total. The van der Waals surface area contributed by atoms with Crippen molar-refractivity contribution < 1.29 is 19.0 Å².